The van der Waals surface area contributed by atoms with Gasteiger partial charge in [-0.25, -0.2) is 0 Å². The first-order valence-electron chi connectivity index (χ1n) is 9.43. The van der Waals surface area contributed by atoms with Gasteiger partial charge in [0.1, 0.15) is 19.3 Å². The average Bonchev–Trinajstić information content (AvgIpc) is 2.74. The number of rotatable bonds is 7. The van der Waals surface area contributed by atoms with Crippen molar-refractivity contribution in [3.63, 3.8) is 0 Å². The smallest absolute Gasteiger partial charge is 0.191 e. The van der Waals surface area contributed by atoms with Crippen LogP contribution < -0.4 is 29.6 Å². The predicted molar refractivity (Wildman–Crippen MR) is 114 cm³/mol. The molecule has 0 saturated heterocycles. The van der Waals surface area contributed by atoms with Gasteiger partial charge in [-0.2, -0.15) is 0 Å². The fraction of sp³-hybridized carbons (Fsp3) is 0.381. The Kier molecular flexibility index (Phi) is 7.30. The van der Waals surface area contributed by atoms with E-state index in [2.05, 4.69) is 15.6 Å². The first kappa shape index (κ1) is 20.9. The Hall–Kier alpha value is -2.80. The molecule has 0 fully saturated rings. The molecule has 0 bridgehead atoms. The average molecular weight is 420 g/mol. The van der Waals surface area contributed by atoms with Crippen molar-refractivity contribution in [1.29, 1.82) is 0 Å². The molecule has 29 heavy (non-hydrogen) atoms. The molecule has 1 atom stereocenters. The largest absolute Gasteiger partial charge is 0.493 e. The van der Waals surface area contributed by atoms with Crippen LogP contribution in [-0.2, 0) is 6.54 Å². The minimum Gasteiger partial charge on any atom is -0.493 e. The number of fused-ring (bicyclic) bond motifs is 1. The van der Waals surface area contributed by atoms with E-state index in [1.807, 2.05) is 43.3 Å². The number of guanidine groups is 1. The van der Waals surface area contributed by atoms with Crippen molar-refractivity contribution >= 4 is 17.6 Å². The maximum atomic E-state index is 6.30. The third-order valence-electron chi connectivity index (χ3n) is 4.29. The molecule has 2 aromatic carbocycles. The maximum Gasteiger partial charge on any atom is 0.191 e. The van der Waals surface area contributed by atoms with Gasteiger partial charge >= 0.3 is 0 Å². The second-order valence-electron chi connectivity index (χ2n) is 6.49. The number of hydrogen-bond donors (Lipinski definition) is 2. The molecule has 7 nitrogen and oxygen atoms in total. The van der Waals surface area contributed by atoms with Crippen molar-refractivity contribution in [2.45, 2.75) is 19.6 Å². The molecule has 0 radical (unpaired) electrons. The monoisotopic (exact) mass is 419 g/mol. The molecule has 156 valence electrons. The second kappa shape index (κ2) is 10.1. The third-order valence-corrected chi connectivity index (χ3v) is 4.58. The first-order valence-corrected chi connectivity index (χ1v) is 9.80. The van der Waals surface area contributed by atoms with Crippen molar-refractivity contribution in [2.75, 3.05) is 33.9 Å². The fourth-order valence-corrected chi connectivity index (χ4v) is 3.18. The Morgan fingerprint density at radius 1 is 1.17 bits per heavy atom. The van der Waals surface area contributed by atoms with E-state index >= 15 is 0 Å². The number of hydrogen-bond acceptors (Lipinski definition) is 5. The number of halogens is 1. The minimum absolute atomic E-state index is 0.0893. The summed E-state index contributed by atoms with van der Waals surface area (Å²) in [5, 5.41) is 7.07. The lowest BCUT2D eigenvalue weighted by atomic mass is 10.2. The number of benzene rings is 2. The van der Waals surface area contributed by atoms with Crippen LogP contribution in [0.4, 0.5) is 0 Å². The topological polar surface area (TPSA) is 73.3 Å². The Labute approximate surface area is 176 Å². The van der Waals surface area contributed by atoms with Crippen LogP contribution in [0.25, 0.3) is 0 Å². The predicted octanol–water partition coefficient (Wildman–Crippen LogP) is 3.25. The molecule has 0 amide bonds. The zero-order valence-corrected chi connectivity index (χ0v) is 17.6. The Balaban J connectivity index is 1.51. The van der Waals surface area contributed by atoms with E-state index in [-0.39, 0.29) is 6.10 Å². The molecule has 8 heteroatoms. The molecule has 0 aliphatic carbocycles. The van der Waals surface area contributed by atoms with Crippen molar-refractivity contribution in [3.05, 3.63) is 47.0 Å². The molecule has 0 spiro atoms. The van der Waals surface area contributed by atoms with Crippen LogP contribution >= 0.6 is 11.6 Å². The highest BCUT2D eigenvalue weighted by Gasteiger charge is 2.17. The summed E-state index contributed by atoms with van der Waals surface area (Å²) in [7, 11) is 3.35. The van der Waals surface area contributed by atoms with E-state index in [9.17, 15) is 0 Å². The molecule has 1 heterocycles. The summed E-state index contributed by atoms with van der Waals surface area (Å²) in [6.45, 7) is 4.12. The van der Waals surface area contributed by atoms with E-state index in [1.165, 1.54) is 0 Å². The van der Waals surface area contributed by atoms with Crippen molar-refractivity contribution in [1.82, 2.24) is 10.6 Å². The normalized spacial score (nSPS) is 14.1. The SMILES string of the molecule is CN=C(NCc1cc(Cl)c2c(c1)OCCO2)NCC(C)Oc1ccccc1OC. The number of para-hydroxylation sites is 2. The lowest BCUT2D eigenvalue weighted by Crippen LogP contribution is -2.41. The standard InChI is InChI=1S/C21H26ClN3O4/c1-14(29-18-7-5-4-6-17(18)26-3)12-24-21(23-2)25-13-15-10-16(22)20-19(11-15)27-8-9-28-20/h4-7,10-11,14H,8-9,12-13H2,1-3H3,(H2,23,24,25). The van der Waals surface area contributed by atoms with E-state index in [1.54, 1.807) is 14.2 Å². The molecule has 3 rings (SSSR count). The van der Waals surface area contributed by atoms with Crippen LogP contribution in [0.15, 0.2) is 41.4 Å². The fourth-order valence-electron chi connectivity index (χ4n) is 2.89. The number of ether oxygens (including phenoxy) is 4. The molecule has 1 aliphatic heterocycles. The molecule has 0 saturated carbocycles. The van der Waals surface area contributed by atoms with E-state index in [4.69, 9.17) is 30.5 Å². The number of aliphatic imine (C=N–C) groups is 1. The van der Waals surface area contributed by atoms with Gasteiger partial charge in [0.2, 0.25) is 0 Å². The summed E-state index contributed by atoms with van der Waals surface area (Å²) in [5.41, 5.74) is 0.973. The highest BCUT2D eigenvalue weighted by molar-refractivity contribution is 6.32. The van der Waals surface area contributed by atoms with Gasteiger partial charge in [-0.3, -0.25) is 4.99 Å². The third kappa shape index (κ3) is 5.60. The van der Waals surface area contributed by atoms with Crippen LogP contribution in [0.1, 0.15) is 12.5 Å². The first-order chi connectivity index (χ1) is 14.1. The molecular formula is C21H26ClN3O4. The summed E-state index contributed by atoms with van der Waals surface area (Å²) in [4.78, 5) is 4.25. The van der Waals surface area contributed by atoms with Gasteiger partial charge in [0.05, 0.1) is 18.7 Å². The Bertz CT molecular complexity index is 860. The van der Waals surface area contributed by atoms with Crippen LogP contribution in [0.3, 0.4) is 0 Å². The zero-order valence-electron chi connectivity index (χ0n) is 16.8. The van der Waals surface area contributed by atoms with Gasteiger partial charge < -0.3 is 29.6 Å². The van der Waals surface area contributed by atoms with Crippen LogP contribution in [0, 0.1) is 0 Å². The van der Waals surface area contributed by atoms with Crippen molar-refractivity contribution in [3.8, 4) is 23.0 Å². The number of methoxy groups -OCH3 is 1. The highest BCUT2D eigenvalue weighted by atomic mass is 35.5. The molecule has 0 aromatic heterocycles. The summed E-state index contributed by atoms with van der Waals surface area (Å²) < 4.78 is 22.4. The molecule has 2 N–H and O–H groups in total. The van der Waals surface area contributed by atoms with E-state index in [0.29, 0.717) is 60.3 Å². The molecule has 1 unspecified atom stereocenters. The van der Waals surface area contributed by atoms with Gasteiger partial charge in [-0.1, -0.05) is 23.7 Å². The Morgan fingerprint density at radius 3 is 2.69 bits per heavy atom. The van der Waals surface area contributed by atoms with Gasteiger partial charge in [0.25, 0.3) is 0 Å². The lowest BCUT2D eigenvalue weighted by molar-refractivity contribution is 0.171. The molecule has 1 aliphatic rings. The van der Waals surface area contributed by atoms with E-state index < -0.39 is 0 Å². The van der Waals surface area contributed by atoms with Crippen molar-refractivity contribution < 1.29 is 18.9 Å². The van der Waals surface area contributed by atoms with Gasteiger partial charge in [-0.05, 0) is 36.8 Å². The van der Waals surface area contributed by atoms with Crippen molar-refractivity contribution in [2.24, 2.45) is 4.99 Å². The lowest BCUT2D eigenvalue weighted by Gasteiger charge is -2.21. The summed E-state index contributed by atoms with van der Waals surface area (Å²) in [6.07, 6.45) is -0.0893. The molecular weight excluding hydrogens is 394 g/mol. The highest BCUT2D eigenvalue weighted by Crippen LogP contribution is 2.38. The number of nitrogens with zero attached hydrogens (tertiary/aromatic N) is 1. The van der Waals surface area contributed by atoms with Gasteiger partial charge in [0.15, 0.2) is 29.0 Å². The van der Waals surface area contributed by atoms with E-state index in [0.717, 1.165) is 5.56 Å². The van der Waals surface area contributed by atoms with Gasteiger partial charge in [0, 0.05) is 13.6 Å². The van der Waals surface area contributed by atoms with Crippen LogP contribution in [-0.4, -0.2) is 46.0 Å². The zero-order chi connectivity index (χ0) is 20.6. The maximum absolute atomic E-state index is 6.30. The quantitative estimate of drug-likeness (QED) is 0.530. The summed E-state index contributed by atoms with van der Waals surface area (Å²) in [6, 6.07) is 11.4. The second-order valence-corrected chi connectivity index (χ2v) is 6.90. The Morgan fingerprint density at radius 2 is 1.93 bits per heavy atom. The van der Waals surface area contributed by atoms with Crippen LogP contribution in [0.5, 0.6) is 23.0 Å². The summed E-state index contributed by atoms with van der Waals surface area (Å²) in [5.74, 6) is 3.34. The minimum atomic E-state index is -0.0893. The van der Waals surface area contributed by atoms with Gasteiger partial charge in [-0.15, -0.1) is 0 Å². The molecule has 2 aromatic rings. The number of nitrogens with one attached hydrogen (secondary N) is 2. The summed E-state index contributed by atoms with van der Waals surface area (Å²) >= 11 is 6.30. The van der Waals surface area contributed by atoms with Crippen LogP contribution in [0.2, 0.25) is 5.02 Å².